The summed E-state index contributed by atoms with van der Waals surface area (Å²) >= 11 is 0. The van der Waals surface area contributed by atoms with Crippen LogP contribution in [-0.4, -0.2) is 4.57 Å². The van der Waals surface area contributed by atoms with Gasteiger partial charge >= 0.3 is 0 Å². The number of nitrogens with two attached hydrogens (primary N) is 1. The molecular weight excluding hydrogens is 222 g/mol. The third-order valence-corrected chi connectivity index (χ3v) is 3.82. The SMILES string of the molecule is CCCCCCC(C)n1c(C)c(C)c(C#N)c1N. The average molecular weight is 247 g/mol. The Morgan fingerprint density at radius 3 is 2.44 bits per heavy atom. The van der Waals surface area contributed by atoms with Gasteiger partial charge in [-0.3, -0.25) is 0 Å². The highest BCUT2D eigenvalue weighted by Crippen LogP contribution is 2.29. The Labute approximate surface area is 111 Å². The van der Waals surface area contributed by atoms with E-state index in [0.717, 1.165) is 17.7 Å². The Morgan fingerprint density at radius 1 is 1.28 bits per heavy atom. The number of anilines is 1. The molecule has 0 aliphatic rings. The Hall–Kier alpha value is -1.43. The third kappa shape index (κ3) is 2.87. The van der Waals surface area contributed by atoms with E-state index in [1.165, 1.54) is 25.7 Å². The van der Waals surface area contributed by atoms with Crippen LogP contribution in [0.3, 0.4) is 0 Å². The Kier molecular flexibility index (Phi) is 5.27. The van der Waals surface area contributed by atoms with Crippen LogP contribution in [0.5, 0.6) is 0 Å². The fourth-order valence-corrected chi connectivity index (χ4v) is 2.56. The summed E-state index contributed by atoms with van der Waals surface area (Å²) in [6.45, 7) is 8.44. The lowest BCUT2D eigenvalue weighted by molar-refractivity contribution is 0.471. The van der Waals surface area contributed by atoms with E-state index in [4.69, 9.17) is 11.0 Å². The number of nitrogens with zero attached hydrogens (tertiary/aromatic N) is 2. The maximum absolute atomic E-state index is 9.12. The van der Waals surface area contributed by atoms with Crippen molar-refractivity contribution in [1.82, 2.24) is 4.57 Å². The normalized spacial score (nSPS) is 12.4. The summed E-state index contributed by atoms with van der Waals surface area (Å²) in [5.74, 6) is 0.635. The van der Waals surface area contributed by atoms with Gasteiger partial charge in [-0.15, -0.1) is 0 Å². The molecule has 18 heavy (non-hydrogen) atoms. The minimum absolute atomic E-state index is 0.377. The molecule has 0 spiro atoms. The molecule has 100 valence electrons. The first kappa shape index (κ1) is 14.6. The molecule has 2 N–H and O–H groups in total. The maximum Gasteiger partial charge on any atom is 0.122 e. The highest BCUT2D eigenvalue weighted by Gasteiger charge is 2.18. The molecule has 0 bridgehead atoms. The zero-order valence-corrected chi connectivity index (χ0v) is 12.1. The lowest BCUT2D eigenvalue weighted by Gasteiger charge is -2.18. The van der Waals surface area contributed by atoms with Crippen molar-refractivity contribution in [2.75, 3.05) is 5.73 Å². The molecule has 3 heteroatoms. The smallest absolute Gasteiger partial charge is 0.122 e. The number of aromatic nitrogens is 1. The largest absolute Gasteiger partial charge is 0.384 e. The molecule has 0 amide bonds. The van der Waals surface area contributed by atoms with Crippen molar-refractivity contribution in [1.29, 1.82) is 5.26 Å². The molecule has 0 aliphatic heterocycles. The number of nitriles is 1. The quantitative estimate of drug-likeness (QED) is 0.770. The summed E-state index contributed by atoms with van der Waals surface area (Å²) < 4.78 is 2.12. The number of unbranched alkanes of at least 4 members (excludes halogenated alkanes) is 3. The second kappa shape index (κ2) is 6.49. The standard InChI is InChI=1S/C15H25N3/c1-5-6-7-8-9-11(2)18-13(4)12(3)14(10-16)15(18)17/h11H,5-9,17H2,1-4H3. The highest BCUT2D eigenvalue weighted by atomic mass is 15.1. The van der Waals surface area contributed by atoms with Crippen LogP contribution in [0.2, 0.25) is 0 Å². The van der Waals surface area contributed by atoms with Gasteiger partial charge in [-0.25, -0.2) is 0 Å². The van der Waals surface area contributed by atoms with Crippen molar-refractivity contribution in [2.24, 2.45) is 0 Å². The predicted octanol–water partition coefficient (Wildman–Crippen LogP) is 4.09. The molecule has 1 aromatic heterocycles. The lowest BCUT2D eigenvalue weighted by Crippen LogP contribution is -2.10. The van der Waals surface area contributed by atoms with Gasteiger partial charge in [0, 0.05) is 11.7 Å². The first-order valence-corrected chi connectivity index (χ1v) is 6.91. The number of hydrogen-bond donors (Lipinski definition) is 1. The van der Waals surface area contributed by atoms with Gasteiger partial charge in [0.2, 0.25) is 0 Å². The van der Waals surface area contributed by atoms with E-state index in [-0.39, 0.29) is 0 Å². The molecule has 1 rings (SSSR count). The predicted molar refractivity (Wildman–Crippen MR) is 76.5 cm³/mol. The Morgan fingerprint density at radius 2 is 1.94 bits per heavy atom. The van der Waals surface area contributed by atoms with Gasteiger partial charge in [0.25, 0.3) is 0 Å². The monoisotopic (exact) mass is 247 g/mol. The molecular formula is C15H25N3. The molecule has 0 saturated heterocycles. The molecule has 1 atom stereocenters. The van der Waals surface area contributed by atoms with Crippen LogP contribution in [-0.2, 0) is 0 Å². The van der Waals surface area contributed by atoms with E-state index in [9.17, 15) is 0 Å². The van der Waals surface area contributed by atoms with Gasteiger partial charge in [0.1, 0.15) is 11.9 Å². The number of nitrogen functional groups attached to an aromatic ring is 1. The molecule has 0 radical (unpaired) electrons. The van der Waals surface area contributed by atoms with E-state index in [2.05, 4.69) is 31.4 Å². The zero-order valence-electron chi connectivity index (χ0n) is 12.1. The van der Waals surface area contributed by atoms with Crippen LogP contribution >= 0.6 is 0 Å². The molecule has 0 aliphatic carbocycles. The molecule has 0 fully saturated rings. The van der Waals surface area contributed by atoms with E-state index in [1.807, 2.05) is 6.92 Å². The minimum atomic E-state index is 0.377. The zero-order chi connectivity index (χ0) is 13.7. The summed E-state index contributed by atoms with van der Waals surface area (Å²) in [4.78, 5) is 0. The van der Waals surface area contributed by atoms with Crippen LogP contribution in [0, 0.1) is 25.2 Å². The lowest BCUT2D eigenvalue weighted by atomic mass is 10.1. The van der Waals surface area contributed by atoms with Crippen molar-refractivity contribution in [3.05, 3.63) is 16.8 Å². The van der Waals surface area contributed by atoms with E-state index in [0.29, 0.717) is 17.4 Å². The molecule has 0 aromatic carbocycles. The summed E-state index contributed by atoms with van der Waals surface area (Å²) in [5, 5.41) is 9.12. The molecule has 0 saturated carbocycles. The van der Waals surface area contributed by atoms with Crippen LogP contribution in [0.25, 0.3) is 0 Å². The third-order valence-electron chi connectivity index (χ3n) is 3.82. The Bertz CT molecular complexity index is 438. The Balaban J connectivity index is 2.80. The van der Waals surface area contributed by atoms with Crippen molar-refractivity contribution < 1.29 is 0 Å². The van der Waals surface area contributed by atoms with Crippen LogP contribution in [0.1, 0.15) is 68.8 Å². The van der Waals surface area contributed by atoms with Crippen LogP contribution < -0.4 is 5.73 Å². The second-order valence-corrected chi connectivity index (χ2v) is 5.15. The van der Waals surface area contributed by atoms with Gasteiger partial charge in [-0.05, 0) is 32.8 Å². The van der Waals surface area contributed by atoms with Crippen molar-refractivity contribution in [3.8, 4) is 6.07 Å². The maximum atomic E-state index is 9.12. The summed E-state index contributed by atoms with van der Waals surface area (Å²) in [6.07, 6.45) is 6.20. The van der Waals surface area contributed by atoms with Gasteiger partial charge in [-0.2, -0.15) is 5.26 Å². The minimum Gasteiger partial charge on any atom is -0.384 e. The van der Waals surface area contributed by atoms with Crippen molar-refractivity contribution >= 4 is 5.82 Å². The summed E-state index contributed by atoms with van der Waals surface area (Å²) in [5.41, 5.74) is 8.89. The molecule has 1 aromatic rings. The highest BCUT2D eigenvalue weighted by molar-refractivity contribution is 5.58. The summed E-state index contributed by atoms with van der Waals surface area (Å²) in [7, 11) is 0. The van der Waals surface area contributed by atoms with E-state index >= 15 is 0 Å². The van der Waals surface area contributed by atoms with Crippen LogP contribution in [0.15, 0.2) is 0 Å². The second-order valence-electron chi connectivity index (χ2n) is 5.15. The van der Waals surface area contributed by atoms with Crippen LogP contribution in [0.4, 0.5) is 5.82 Å². The van der Waals surface area contributed by atoms with Gasteiger partial charge < -0.3 is 10.3 Å². The van der Waals surface area contributed by atoms with Gasteiger partial charge in [0.05, 0.1) is 5.56 Å². The molecule has 3 nitrogen and oxygen atoms in total. The first-order chi connectivity index (χ1) is 8.54. The summed E-state index contributed by atoms with van der Waals surface area (Å²) in [6, 6.07) is 2.59. The van der Waals surface area contributed by atoms with E-state index < -0.39 is 0 Å². The molecule has 1 unspecified atom stereocenters. The van der Waals surface area contributed by atoms with Crippen molar-refractivity contribution in [2.45, 2.75) is 65.8 Å². The number of rotatable bonds is 6. The van der Waals surface area contributed by atoms with Crippen molar-refractivity contribution in [3.63, 3.8) is 0 Å². The first-order valence-electron chi connectivity index (χ1n) is 6.91. The average Bonchev–Trinajstić information content (AvgIpc) is 2.56. The fraction of sp³-hybridized carbons (Fsp3) is 0.667. The fourth-order valence-electron chi connectivity index (χ4n) is 2.56. The van der Waals surface area contributed by atoms with Gasteiger partial charge in [0.15, 0.2) is 0 Å². The number of hydrogen-bond acceptors (Lipinski definition) is 2. The van der Waals surface area contributed by atoms with Gasteiger partial charge in [-0.1, -0.05) is 32.6 Å². The van der Waals surface area contributed by atoms with E-state index in [1.54, 1.807) is 0 Å². The molecule has 1 heterocycles. The topological polar surface area (TPSA) is 54.7 Å².